The lowest BCUT2D eigenvalue weighted by molar-refractivity contribution is 0.396. The number of ether oxygens (including phenoxy) is 1. The quantitative estimate of drug-likeness (QED) is 0.845. The van der Waals surface area contributed by atoms with E-state index in [2.05, 4.69) is 15.3 Å². The van der Waals surface area contributed by atoms with Crippen molar-refractivity contribution in [3.63, 3.8) is 0 Å². The van der Waals surface area contributed by atoms with Crippen molar-refractivity contribution in [2.75, 3.05) is 12.4 Å². The molecule has 2 saturated carbocycles. The second-order valence-electron chi connectivity index (χ2n) is 4.87. The van der Waals surface area contributed by atoms with Gasteiger partial charge in [0.05, 0.1) is 7.11 Å². The Morgan fingerprint density at radius 3 is 2.94 bits per heavy atom. The lowest BCUT2D eigenvalue weighted by Crippen LogP contribution is -2.26. The fraction of sp³-hybridized carbons (Fsp3) is 0.667. The highest BCUT2D eigenvalue weighted by molar-refractivity contribution is 5.38. The second-order valence-corrected chi connectivity index (χ2v) is 4.87. The molecular weight excluding hydrogens is 202 g/mol. The minimum atomic E-state index is 0.610. The van der Waals surface area contributed by atoms with Crippen molar-refractivity contribution in [3.8, 4) is 5.88 Å². The number of methoxy groups -OCH3 is 1. The third-order valence-electron chi connectivity index (χ3n) is 3.92. The summed E-state index contributed by atoms with van der Waals surface area (Å²) in [5, 5.41) is 3.52. The van der Waals surface area contributed by atoms with Crippen LogP contribution in [0.4, 0.5) is 5.82 Å². The van der Waals surface area contributed by atoms with E-state index in [9.17, 15) is 0 Å². The first kappa shape index (κ1) is 9.87. The van der Waals surface area contributed by atoms with Crippen LogP contribution in [0.25, 0.3) is 0 Å². The van der Waals surface area contributed by atoms with Crippen molar-refractivity contribution in [3.05, 3.63) is 12.4 Å². The Bertz CT molecular complexity index is 382. The highest BCUT2D eigenvalue weighted by Crippen LogP contribution is 2.45. The summed E-state index contributed by atoms with van der Waals surface area (Å²) in [6, 6.07) is 2.48. The Labute approximate surface area is 95.4 Å². The molecule has 0 aliphatic heterocycles. The average Bonchev–Trinajstić information content (AvgIpc) is 2.91. The molecule has 1 N–H and O–H groups in total. The predicted molar refractivity (Wildman–Crippen MR) is 61.4 cm³/mol. The Morgan fingerprint density at radius 2 is 2.25 bits per heavy atom. The van der Waals surface area contributed by atoms with Crippen LogP contribution in [0.1, 0.15) is 25.7 Å². The molecule has 4 heteroatoms. The number of hydrogen-bond acceptors (Lipinski definition) is 4. The molecule has 0 spiro atoms. The van der Waals surface area contributed by atoms with Gasteiger partial charge in [-0.3, -0.25) is 0 Å². The molecule has 3 rings (SSSR count). The third-order valence-corrected chi connectivity index (χ3v) is 3.92. The number of nitrogens with one attached hydrogen (secondary N) is 1. The summed E-state index contributed by atoms with van der Waals surface area (Å²) in [4.78, 5) is 8.24. The zero-order valence-electron chi connectivity index (χ0n) is 9.52. The van der Waals surface area contributed by atoms with E-state index in [1.54, 1.807) is 13.4 Å². The van der Waals surface area contributed by atoms with Gasteiger partial charge in [-0.05, 0) is 31.1 Å². The van der Waals surface area contributed by atoms with Crippen LogP contribution in [-0.2, 0) is 0 Å². The average molecular weight is 219 g/mol. The van der Waals surface area contributed by atoms with Gasteiger partial charge in [0.15, 0.2) is 0 Å². The van der Waals surface area contributed by atoms with Crippen molar-refractivity contribution in [2.24, 2.45) is 11.8 Å². The molecule has 3 atom stereocenters. The molecule has 2 aliphatic carbocycles. The Balaban J connectivity index is 1.69. The molecule has 16 heavy (non-hydrogen) atoms. The number of hydrogen-bond donors (Lipinski definition) is 1. The van der Waals surface area contributed by atoms with Gasteiger partial charge >= 0.3 is 0 Å². The Kier molecular flexibility index (Phi) is 2.42. The molecule has 0 saturated heterocycles. The summed E-state index contributed by atoms with van der Waals surface area (Å²) in [7, 11) is 1.63. The van der Waals surface area contributed by atoms with Crippen molar-refractivity contribution in [1.82, 2.24) is 9.97 Å². The van der Waals surface area contributed by atoms with Gasteiger partial charge in [-0.2, -0.15) is 0 Å². The van der Waals surface area contributed by atoms with E-state index in [1.807, 2.05) is 6.07 Å². The van der Waals surface area contributed by atoms with E-state index < -0.39 is 0 Å². The Hall–Kier alpha value is -1.32. The number of aromatic nitrogens is 2. The lowest BCUT2D eigenvalue weighted by atomic mass is 9.95. The second kappa shape index (κ2) is 3.92. The molecule has 0 radical (unpaired) electrons. The first-order chi connectivity index (χ1) is 7.85. The van der Waals surface area contributed by atoms with E-state index in [0.717, 1.165) is 17.7 Å². The topological polar surface area (TPSA) is 47.0 Å². The van der Waals surface area contributed by atoms with Crippen LogP contribution in [0.5, 0.6) is 5.88 Å². The highest BCUT2D eigenvalue weighted by atomic mass is 16.5. The SMILES string of the molecule is COc1cc(NC2CC3CCC2C3)ncn1. The number of fused-ring (bicyclic) bond motifs is 2. The molecule has 1 aromatic heterocycles. The van der Waals surface area contributed by atoms with Crippen LogP contribution in [0.15, 0.2) is 12.4 Å². The van der Waals surface area contributed by atoms with Crippen LogP contribution < -0.4 is 10.1 Å². The molecular formula is C12H17N3O. The van der Waals surface area contributed by atoms with Crippen LogP contribution in [-0.4, -0.2) is 23.1 Å². The molecule has 3 unspecified atom stereocenters. The minimum Gasteiger partial charge on any atom is -0.481 e. The standard InChI is InChI=1S/C12H17N3O/c1-16-12-6-11(13-7-14-12)15-10-5-8-2-3-9(10)4-8/h6-10H,2-5H2,1H3,(H,13,14,15). The normalized spacial score (nSPS) is 31.7. The maximum atomic E-state index is 5.09. The number of anilines is 1. The van der Waals surface area contributed by atoms with Crippen LogP contribution in [0.2, 0.25) is 0 Å². The smallest absolute Gasteiger partial charge is 0.218 e. The van der Waals surface area contributed by atoms with E-state index >= 15 is 0 Å². The molecule has 1 heterocycles. The maximum absolute atomic E-state index is 5.09. The molecule has 0 aromatic carbocycles. The fourth-order valence-electron chi connectivity index (χ4n) is 3.14. The van der Waals surface area contributed by atoms with Gasteiger partial charge in [-0.15, -0.1) is 0 Å². The molecule has 0 amide bonds. The largest absolute Gasteiger partial charge is 0.481 e. The van der Waals surface area contributed by atoms with Crippen molar-refractivity contribution in [2.45, 2.75) is 31.7 Å². The number of nitrogens with zero attached hydrogens (tertiary/aromatic N) is 2. The van der Waals surface area contributed by atoms with Crippen LogP contribution in [0, 0.1) is 11.8 Å². The van der Waals surface area contributed by atoms with Gasteiger partial charge in [0, 0.05) is 12.1 Å². The van der Waals surface area contributed by atoms with Gasteiger partial charge in [0.25, 0.3) is 0 Å². The van der Waals surface area contributed by atoms with Crippen molar-refractivity contribution < 1.29 is 4.74 Å². The van der Waals surface area contributed by atoms with Crippen LogP contribution >= 0.6 is 0 Å². The van der Waals surface area contributed by atoms with Gasteiger partial charge in [-0.25, -0.2) is 9.97 Å². The summed E-state index contributed by atoms with van der Waals surface area (Å²) in [5.41, 5.74) is 0. The zero-order valence-corrected chi connectivity index (χ0v) is 9.52. The summed E-state index contributed by atoms with van der Waals surface area (Å²) in [6.45, 7) is 0. The third kappa shape index (κ3) is 1.72. The van der Waals surface area contributed by atoms with E-state index in [-0.39, 0.29) is 0 Å². The summed E-state index contributed by atoms with van der Waals surface area (Å²) in [6.07, 6.45) is 7.06. The molecule has 1 aromatic rings. The molecule has 2 fully saturated rings. The summed E-state index contributed by atoms with van der Waals surface area (Å²) < 4.78 is 5.09. The number of rotatable bonds is 3. The zero-order chi connectivity index (χ0) is 11.0. The van der Waals surface area contributed by atoms with Crippen molar-refractivity contribution in [1.29, 1.82) is 0 Å². The molecule has 2 aliphatic rings. The van der Waals surface area contributed by atoms with Gasteiger partial charge in [-0.1, -0.05) is 6.42 Å². The van der Waals surface area contributed by atoms with E-state index in [1.165, 1.54) is 25.7 Å². The van der Waals surface area contributed by atoms with E-state index in [0.29, 0.717) is 11.9 Å². The van der Waals surface area contributed by atoms with Gasteiger partial charge < -0.3 is 10.1 Å². The lowest BCUT2D eigenvalue weighted by Gasteiger charge is -2.23. The fourth-order valence-corrected chi connectivity index (χ4v) is 3.14. The molecule has 2 bridgehead atoms. The Morgan fingerprint density at radius 1 is 1.31 bits per heavy atom. The highest BCUT2D eigenvalue weighted by Gasteiger charge is 2.39. The van der Waals surface area contributed by atoms with E-state index in [4.69, 9.17) is 4.74 Å². The summed E-state index contributed by atoms with van der Waals surface area (Å²) >= 11 is 0. The van der Waals surface area contributed by atoms with Gasteiger partial charge in [0.1, 0.15) is 12.1 Å². The minimum absolute atomic E-state index is 0.610. The first-order valence-corrected chi connectivity index (χ1v) is 5.97. The van der Waals surface area contributed by atoms with Gasteiger partial charge in [0.2, 0.25) is 5.88 Å². The molecule has 86 valence electrons. The maximum Gasteiger partial charge on any atom is 0.218 e. The monoisotopic (exact) mass is 219 g/mol. The summed E-state index contributed by atoms with van der Waals surface area (Å²) in [5.74, 6) is 3.32. The predicted octanol–water partition coefficient (Wildman–Crippen LogP) is 2.09. The molecule has 4 nitrogen and oxygen atoms in total. The first-order valence-electron chi connectivity index (χ1n) is 5.97. The van der Waals surface area contributed by atoms with Crippen molar-refractivity contribution >= 4 is 5.82 Å². The van der Waals surface area contributed by atoms with Crippen LogP contribution in [0.3, 0.4) is 0 Å².